The summed E-state index contributed by atoms with van der Waals surface area (Å²) in [5.74, 6) is -0.0462. The standard InChI is InChI=1S/C14H23N3O2/c1-10(2)8-9-17-13(11-6-4-3-5-7-11)12(14(18)19)15-16-17/h10-11H,3-9H2,1-2H3,(H,18,19). The molecule has 0 radical (unpaired) electrons. The van der Waals surface area contributed by atoms with E-state index in [9.17, 15) is 9.90 Å². The fourth-order valence-electron chi connectivity index (χ4n) is 2.80. The number of rotatable bonds is 5. The second kappa shape index (κ2) is 6.17. The Bertz CT molecular complexity index is 434. The van der Waals surface area contributed by atoms with Crippen molar-refractivity contribution in [2.45, 2.75) is 64.8 Å². The van der Waals surface area contributed by atoms with Crippen molar-refractivity contribution in [3.8, 4) is 0 Å². The number of carbonyl (C=O) groups is 1. The van der Waals surface area contributed by atoms with E-state index in [2.05, 4.69) is 24.2 Å². The quantitative estimate of drug-likeness (QED) is 0.888. The van der Waals surface area contributed by atoms with E-state index in [0.717, 1.165) is 31.5 Å². The van der Waals surface area contributed by atoms with Crippen LogP contribution in [0.3, 0.4) is 0 Å². The summed E-state index contributed by atoms with van der Waals surface area (Å²) in [6.45, 7) is 5.09. The summed E-state index contributed by atoms with van der Waals surface area (Å²) in [5, 5.41) is 17.2. The van der Waals surface area contributed by atoms with Gasteiger partial charge in [-0.15, -0.1) is 5.10 Å². The van der Waals surface area contributed by atoms with Crippen LogP contribution in [0.5, 0.6) is 0 Å². The predicted octanol–water partition coefficient (Wildman–Crippen LogP) is 3.07. The Balaban J connectivity index is 2.24. The predicted molar refractivity (Wildman–Crippen MR) is 72.3 cm³/mol. The van der Waals surface area contributed by atoms with Gasteiger partial charge >= 0.3 is 5.97 Å². The van der Waals surface area contributed by atoms with Gasteiger partial charge in [-0.1, -0.05) is 38.3 Å². The third-order valence-electron chi connectivity index (χ3n) is 3.89. The van der Waals surface area contributed by atoms with Gasteiger partial charge in [-0.25, -0.2) is 9.48 Å². The second-order valence-corrected chi connectivity index (χ2v) is 5.87. The maximum absolute atomic E-state index is 11.3. The van der Waals surface area contributed by atoms with Crippen molar-refractivity contribution in [1.82, 2.24) is 15.0 Å². The Kier molecular flexibility index (Phi) is 4.56. The van der Waals surface area contributed by atoms with E-state index in [1.165, 1.54) is 19.3 Å². The van der Waals surface area contributed by atoms with Crippen LogP contribution in [-0.4, -0.2) is 26.1 Å². The van der Waals surface area contributed by atoms with Crippen molar-refractivity contribution in [3.05, 3.63) is 11.4 Å². The van der Waals surface area contributed by atoms with Gasteiger partial charge in [-0.05, 0) is 25.2 Å². The van der Waals surface area contributed by atoms with Crippen LogP contribution in [0.4, 0.5) is 0 Å². The number of nitrogens with zero attached hydrogens (tertiary/aromatic N) is 3. The topological polar surface area (TPSA) is 68.0 Å². The van der Waals surface area contributed by atoms with Gasteiger partial charge in [0.2, 0.25) is 0 Å². The summed E-state index contributed by atoms with van der Waals surface area (Å²) < 4.78 is 1.83. The molecule has 0 atom stereocenters. The minimum atomic E-state index is -0.948. The fraction of sp³-hybridized carbons (Fsp3) is 0.786. The molecule has 0 aromatic carbocycles. The average molecular weight is 265 g/mol. The molecule has 1 aliphatic carbocycles. The van der Waals surface area contributed by atoms with Gasteiger partial charge in [-0.3, -0.25) is 0 Å². The summed E-state index contributed by atoms with van der Waals surface area (Å²) in [5.41, 5.74) is 1.02. The lowest BCUT2D eigenvalue weighted by atomic mass is 9.86. The largest absolute Gasteiger partial charge is 0.476 e. The molecule has 5 nitrogen and oxygen atoms in total. The zero-order valence-corrected chi connectivity index (χ0v) is 11.8. The maximum atomic E-state index is 11.3. The summed E-state index contributed by atoms with van der Waals surface area (Å²) in [6.07, 6.45) is 6.75. The molecule has 1 fully saturated rings. The monoisotopic (exact) mass is 265 g/mol. The highest BCUT2D eigenvalue weighted by atomic mass is 16.4. The zero-order valence-electron chi connectivity index (χ0n) is 11.8. The molecule has 1 N–H and O–H groups in total. The highest BCUT2D eigenvalue weighted by molar-refractivity contribution is 5.86. The van der Waals surface area contributed by atoms with E-state index >= 15 is 0 Å². The fourth-order valence-corrected chi connectivity index (χ4v) is 2.80. The Morgan fingerprint density at radius 1 is 1.37 bits per heavy atom. The molecule has 1 heterocycles. The van der Waals surface area contributed by atoms with E-state index in [1.807, 2.05) is 4.68 Å². The van der Waals surface area contributed by atoms with Crippen molar-refractivity contribution in [3.63, 3.8) is 0 Å². The van der Waals surface area contributed by atoms with Crippen LogP contribution in [0.25, 0.3) is 0 Å². The normalized spacial score (nSPS) is 17.0. The third kappa shape index (κ3) is 3.33. The van der Waals surface area contributed by atoms with E-state index in [0.29, 0.717) is 11.8 Å². The molecule has 1 aliphatic rings. The van der Waals surface area contributed by atoms with Crippen LogP contribution in [0.2, 0.25) is 0 Å². The van der Waals surface area contributed by atoms with Gasteiger partial charge in [0, 0.05) is 12.5 Å². The number of aromatic nitrogens is 3. The van der Waals surface area contributed by atoms with E-state index < -0.39 is 5.97 Å². The molecule has 5 heteroatoms. The molecule has 0 aliphatic heterocycles. The molecule has 19 heavy (non-hydrogen) atoms. The molecule has 0 saturated heterocycles. The van der Waals surface area contributed by atoms with Crippen molar-refractivity contribution >= 4 is 5.97 Å². The summed E-state index contributed by atoms with van der Waals surface area (Å²) in [7, 11) is 0. The zero-order chi connectivity index (χ0) is 13.8. The first-order chi connectivity index (χ1) is 9.09. The van der Waals surface area contributed by atoms with Crippen molar-refractivity contribution < 1.29 is 9.90 Å². The van der Waals surface area contributed by atoms with Crippen LogP contribution >= 0.6 is 0 Å². The number of aryl methyl sites for hydroxylation is 1. The van der Waals surface area contributed by atoms with Gasteiger partial charge in [0.1, 0.15) is 0 Å². The smallest absolute Gasteiger partial charge is 0.358 e. The van der Waals surface area contributed by atoms with Gasteiger partial charge in [0.25, 0.3) is 0 Å². The SMILES string of the molecule is CC(C)CCn1nnc(C(=O)O)c1C1CCCCC1. The minimum Gasteiger partial charge on any atom is -0.476 e. The molecule has 106 valence electrons. The number of hydrogen-bond acceptors (Lipinski definition) is 3. The summed E-state index contributed by atoms with van der Waals surface area (Å²) in [4.78, 5) is 11.3. The highest BCUT2D eigenvalue weighted by Gasteiger charge is 2.27. The van der Waals surface area contributed by atoms with E-state index in [4.69, 9.17) is 0 Å². The first-order valence-electron chi connectivity index (χ1n) is 7.26. The Morgan fingerprint density at radius 3 is 2.63 bits per heavy atom. The van der Waals surface area contributed by atoms with Crippen molar-refractivity contribution in [1.29, 1.82) is 0 Å². The number of aromatic carboxylic acids is 1. The molecular formula is C14H23N3O2. The molecule has 0 unspecified atom stereocenters. The van der Waals surface area contributed by atoms with Crippen LogP contribution in [0.1, 0.15) is 74.5 Å². The molecule has 0 spiro atoms. The Morgan fingerprint density at radius 2 is 2.05 bits per heavy atom. The van der Waals surface area contributed by atoms with Crippen LogP contribution in [0.15, 0.2) is 0 Å². The molecule has 1 aromatic rings. The number of carboxylic acid groups (broad SMARTS) is 1. The molecule has 1 saturated carbocycles. The van der Waals surface area contributed by atoms with Gasteiger partial charge in [0.15, 0.2) is 5.69 Å². The molecule has 0 bridgehead atoms. The van der Waals surface area contributed by atoms with Crippen molar-refractivity contribution in [2.75, 3.05) is 0 Å². The summed E-state index contributed by atoms with van der Waals surface area (Å²) >= 11 is 0. The molecular weight excluding hydrogens is 242 g/mol. The third-order valence-corrected chi connectivity index (χ3v) is 3.89. The molecule has 1 aromatic heterocycles. The highest BCUT2D eigenvalue weighted by Crippen LogP contribution is 2.34. The Hall–Kier alpha value is -1.39. The maximum Gasteiger partial charge on any atom is 0.358 e. The first kappa shape index (κ1) is 14.0. The molecule has 0 amide bonds. The van der Waals surface area contributed by atoms with Crippen LogP contribution in [-0.2, 0) is 6.54 Å². The number of hydrogen-bond donors (Lipinski definition) is 1. The van der Waals surface area contributed by atoms with Crippen LogP contribution < -0.4 is 0 Å². The van der Waals surface area contributed by atoms with Gasteiger partial charge < -0.3 is 5.11 Å². The van der Waals surface area contributed by atoms with E-state index in [1.54, 1.807) is 0 Å². The summed E-state index contributed by atoms with van der Waals surface area (Å²) in [6, 6.07) is 0. The van der Waals surface area contributed by atoms with Gasteiger partial charge in [0.05, 0.1) is 5.69 Å². The van der Waals surface area contributed by atoms with E-state index in [-0.39, 0.29) is 5.69 Å². The lowest BCUT2D eigenvalue weighted by Crippen LogP contribution is -2.16. The first-order valence-corrected chi connectivity index (χ1v) is 7.26. The number of carboxylic acids is 1. The second-order valence-electron chi connectivity index (χ2n) is 5.87. The van der Waals surface area contributed by atoms with Crippen LogP contribution in [0, 0.1) is 5.92 Å². The minimum absolute atomic E-state index is 0.163. The lowest BCUT2D eigenvalue weighted by Gasteiger charge is -2.22. The van der Waals surface area contributed by atoms with Gasteiger partial charge in [-0.2, -0.15) is 0 Å². The Labute approximate surface area is 114 Å². The lowest BCUT2D eigenvalue weighted by molar-refractivity contribution is 0.0688. The average Bonchev–Trinajstić information content (AvgIpc) is 2.81. The molecule has 2 rings (SSSR count). The van der Waals surface area contributed by atoms with Crippen molar-refractivity contribution in [2.24, 2.45) is 5.92 Å².